The highest BCUT2D eigenvalue weighted by atomic mass is 19.3. The van der Waals surface area contributed by atoms with E-state index in [1.165, 1.54) is 25.3 Å². The molecular weight excluding hydrogens is 254 g/mol. The number of phenolic OH excluding ortho intramolecular Hbond substituents is 1. The zero-order valence-corrected chi connectivity index (χ0v) is 9.59. The molecule has 0 aliphatic heterocycles. The first-order chi connectivity index (χ1) is 8.36. The minimum atomic E-state index is -4.05. The summed E-state index contributed by atoms with van der Waals surface area (Å²) in [6.45, 7) is -1.15. The van der Waals surface area contributed by atoms with Gasteiger partial charge in [0.2, 0.25) is 0 Å². The van der Waals surface area contributed by atoms with Gasteiger partial charge in [-0.25, -0.2) is 8.78 Å². The molecule has 0 aromatic heterocycles. The van der Waals surface area contributed by atoms with Crippen molar-refractivity contribution in [1.82, 2.24) is 5.32 Å². The largest absolute Gasteiger partial charge is 0.504 e. The van der Waals surface area contributed by atoms with Gasteiger partial charge >= 0.3 is 12.3 Å². The predicted octanol–water partition coefficient (Wildman–Crippen LogP) is 2.39. The SMILES string of the molecule is COc1cc(CNCC(F)(F)C(F)F)ccc1O. The van der Waals surface area contributed by atoms with Gasteiger partial charge in [0, 0.05) is 6.54 Å². The van der Waals surface area contributed by atoms with Crippen LogP contribution in [0.25, 0.3) is 0 Å². The Morgan fingerprint density at radius 1 is 1.39 bits per heavy atom. The van der Waals surface area contributed by atoms with Crippen LogP contribution < -0.4 is 10.1 Å². The van der Waals surface area contributed by atoms with Crippen molar-refractivity contribution in [2.24, 2.45) is 0 Å². The van der Waals surface area contributed by atoms with Gasteiger partial charge in [0.05, 0.1) is 13.7 Å². The number of benzene rings is 1. The molecule has 0 fully saturated rings. The van der Waals surface area contributed by atoms with E-state index in [4.69, 9.17) is 4.74 Å². The highest BCUT2D eigenvalue weighted by Gasteiger charge is 2.39. The van der Waals surface area contributed by atoms with Crippen LogP contribution in [0.2, 0.25) is 0 Å². The number of nitrogens with one attached hydrogen (secondary N) is 1. The van der Waals surface area contributed by atoms with Crippen LogP contribution in [-0.4, -0.2) is 31.1 Å². The number of hydrogen-bond acceptors (Lipinski definition) is 3. The fourth-order valence-corrected chi connectivity index (χ4v) is 1.28. The number of ether oxygens (including phenoxy) is 1. The second-order valence-corrected chi connectivity index (χ2v) is 3.67. The standard InChI is InChI=1S/C11H13F4NO2/c1-18-9-4-7(2-3-8(9)17)5-16-6-11(14,15)10(12)13/h2-4,10,16-17H,5-6H2,1H3. The number of alkyl halides is 4. The Morgan fingerprint density at radius 3 is 2.61 bits per heavy atom. The van der Waals surface area contributed by atoms with Gasteiger partial charge in [0.25, 0.3) is 0 Å². The van der Waals surface area contributed by atoms with E-state index in [-0.39, 0.29) is 18.0 Å². The molecule has 0 radical (unpaired) electrons. The summed E-state index contributed by atoms with van der Waals surface area (Å²) >= 11 is 0. The summed E-state index contributed by atoms with van der Waals surface area (Å²) in [5.41, 5.74) is 0.537. The van der Waals surface area contributed by atoms with Crippen molar-refractivity contribution in [3.05, 3.63) is 23.8 Å². The summed E-state index contributed by atoms with van der Waals surface area (Å²) in [5, 5.41) is 11.5. The van der Waals surface area contributed by atoms with Gasteiger partial charge in [-0.05, 0) is 17.7 Å². The molecule has 1 aromatic rings. The van der Waals surface area contributed by atoms with Gasteiger partial charge < -0.3 is 15.2 Å². The van der Waals surface area contributed by atoms with Crippen molar-refractivity contribution in [3.8, 4) is 11.5 Å². The highest BCUT2D eigenvalue weighted by Crippen LogP contribution is 2.26. The van der Waals surface area contributed by atoms with E-state index in [9.17, 15) is 22.7 Å². The topological polar surface area (TPSA) is 41.5 Å². The molecule has 0 atom stereocenters. The van der Waals surface area contributed by atoms with Crippen molar-refractivity contribution >= 4 is 0 Å². The Kier molecular flexibility index (Phi) is 4.77. The summed E-state index contributed by atoms with van der Waals surface area (Å²) < 4.78 is 53.7. The molecular formula is C11H13F4NO2. The van der Waals surface area contributed by atoms with Gasteiger partial charge in [0.1, 0.15) is 0 Å². The van der Waals surface area contributed by atoms with Crippen molar-refractivity contribution in [3.63, 3.8) is 0 Å². The zero-order chi connectivity index (χ0) is 13.8. The van der Waals surface area contributed by atoms with E-state index in [0.717, 1.165) is 0 Å². The third-order valence-corrected chi connectivity index (χ3v) is 2.25. The first-order valence-electron chi connectivity index (χ1n) is 5.09. The highest BCUT2D eigenvalue weighted by molar-refractivity contribution is 5.41. The van der Waals surface area contributed by atoms with Crippen LogP contribution in [0.3, 0.4) is 0 Å². The predicted molar refractivity (Wildman–Crippen MR) is 57.3 cm³/mol. The Balaban J connectivity index is 2.54. The van der Waals surface area contributed by atoms with Gasteiger partial charge in [-0.2, -0.15) is 8.78 Å². The molecule has 0 saturated carbocycles. The maximum atomic E-state index is 12.6. The fraction of sp³-hybridized carbons (Fsp3) is 0.455. The van der Waals surface area contributed by atoms with E-state index >= 15 is 0 Å². The third-order valence-electron chi connectivity index (χ3n) is 2.25. The van der Waals surface area contributed by atoms with Crippen LogP contribution >= 0.6 is 0 Å². The molecule has 0 heterocycles. The van der Waals surface area contributed by atoms with Crippen LogP contribution in [0, 0.1) is 0 Å². The molecule has 0 spiro atoms. The number of phenols is 1. The van der Waals surface area contributed by atoms with E-state index in [1.54, 1.807) is 0 Å². The first-order valence-corrected chi connectivity index (χ1v) is 5.09. The van der Waals surface area contributed by atoms with E-state index < -0.39 is 18.9 Å². The van der Waals surface area contributed by atoms with E-state index in [0.29, 0.717) is 5.56 Å². The monoisotopic (exact) mass is 267 g/mol. The molecule has 0 unspecified atom stereocenters. The second-order valence-electron chi connectivity index (χ2n) is 3.67. The van der Waals surface area contributed by atoms with Crippen molar-refractivity contribution in [1.29, 1.82) is 0 Å². The summed E-state index contributed by atoms with van der Waals surface area (Å²) in [5.74, 6) is -3.95. The third kappa shape index (κ3) is 3.76. The van der Waals surface area contributed by atoms with Gasteiger partial charge in [-0.1, -0.05) is 6.07 Å². The average molecular weight is 267 g/mol. The smallest absolute Gasteiger partial charge is 0.319 e. The molecule has 0 amide bonds. The van der Waals surface area contributed by atoms with Crippen LogP contribution in [0.1, 0.15) is 5.56 Å². The number of rotatable bonds is 6. The van der Waals surface area contributed by atoms with Gasteiger partial charge in [-0.3, -0.25) is 0 Å². The number of aromatic hydroxyl groups is 1. The van der Waals surface area contributed by atoms with Crippen molar-refractivity contribution in [2.75, 3.05) is 13.7 Å². The molecule has 0 aliphatic rings. The minimum Gasteiger partial charge on any atom is -0.504 e. The Bertz CT molecular complexity index is 399. The minimum absolute atomic E-state index is 0.0288. The summed E-state index contributed by atoms with van der Waals surface area (Å²) in [7, 11) is 1.34. The molecule has 18 heavy (non-hydrogen) atoms. The molecule has 2 N–H and O–H groups in total. The van der Waals surface area contributed by atoms with E-state index in [2.05, 4.69) is 5.32 Å². The lowest BCUT2D eigenvalue weighted by Crippen LogP contribution is -2.38. The number of halogens is 4. The Morgan fingerprint density at radius 2 is 2.06 bits per heavy atom. The fourth-order valence-electron chi connectivity index (χ4n) is 1.28. The van der Waals surface area contributed by atoms with Crippen LogP contribution in [0.15, 0.2) is 18.2 Å². The van der Waals surface area contributed by atoms with Crippen LogP contribution in [0.5, 0.6) is 11.5 Å². The number of hydrogen-bond donors (Lipinski definition) is 2. The molecule has 1 aromatic carbocycles. The molecule has 0 saturated heterocycles. The van der Waals surface area contributed by atoms with Crippen molar-refractivity contribution < 1.29 is 27.4 Å². The second kappa shape index (κ2) is 5.90. The van der Waals surface area contributed by atoms with E-state index in [1.807, 2.05) is 0 Å². The summed E-state index contributed by atoms with van der Waals surface area (Å²) in [6, 6.07) is 4.25. The molecule has 0 bridgehead atoms. The molecule has 3 nitrogen and oxygen atoms in total. The van der Waals surface area contributed by atoms with Gasteiger partial charge in [0.15, 0.2) is 11.5 Å². The average Bonchev–Trinajstić information content (AvgIpc) is 2.31. The zero-order valence-electron chi connectivity index (χ0n) is 9.59. The maximum absolute atomic E-state index is 12.6. The first kappa shape index (κ1) is 14.6. The normalized spacial score (nSPS) is 11.9. The summed E-state index contributed by atoms with van der Waals surface area (Å²) in [4.78, 5) is 0. The molecule has 0 aliphatic carbocycles. The lowest BCUT2D eigenvalue weighted by molar-refractivity contribution is -0.125. The lowest BCUT2D eigenvalue weighted by atomic mass is 10.2. The molecule has 7 heteroatoms. The van der Waals surface area contributed by atoms with Gasteiger partial charge in [-0.15, -0.1) is 0 Å². The molecule has 102 valence electrons. The van der Waals surface area contributed by atoms with Crippen molar-refractivity contribution in [2.45, 2.75) is 18.9 Å². The lowest BCUT2D eigenvalue weighted by Gasteiger charge is -2.16. The Hall–Kier alpha value is -1.50. The summed E-state index contributed by atoms with van der Waals surface area (Å²) in [6.07, 6.45) is -3.70. The quantitative estimate of drug-likeness (QED) is 0.778. The number of methoxy groups -OCH3 is 1. The van der Waals surface area contributed by atoms with Crippen LogP contribution in [0.4, 0.5) is 17.6 Å². The maximum Gasteiger partial charge on any atom is 0.319 e. The molecule has 1 rings (SSSR count). The van der Waals surface area contributed by atoms with Crippen LogP contribution in [-0.2, 0) is 6.54 Å². The Labute approximate surface area is 101 Å².